The van der Waals surface area contributed by atoms with Gasteiger partial charge in [0.15, 0.2) is 0 Å². The Kier molecular flexibility index (Phi) is 5.50. The molecule has 150 valence electrons. The molecule has 1 atom stereocenters. The highest BCUT2D eigenvalue weighted by Crippen LogP contribution is 2.37. The van der Waals surface area contributed by atoms with Crippen molar-refractivity contribution >= 4 is 48.2 Å². The first-order chi connectivity index (χ1) is 13.0. The predicted molar refractivity (Wildman–Crippen MR) is 108 cm³/mol. The van der Waals surface area contributed by atoms with Crippen LogP contribution in [0.5, 0.6) is 0 Å². The van der Waals surface area contributed by atoms with E-state index in [2.05, 4.69) is 27.5 Å². The number of hydrogen-bond donors (Lipinski definition) is 0. The van der Waals surface area contributed by atoms with E-state index in [1.165, 1.54) is 23.5 Å². The molecule has 0 unspecified atom stereocenters. The second kappa shape index (κ2) is 7.31. The van der Waals surface area contributed by atoms with Gasteiger partial charge in [-0.1, -0.05) is 22.0 Å². The summed E-state index contributed by atoms with van der Waals surface area (Å²) in [5.41, 5.74) is -4.10. The number of aryl methyl sites for hydroxylation is 2. The maximum atomic E-state index is 13.2. The molecule has 0 spiro atoms. The number of rotatable bonds is 5. The fourth-order valence-electron chi connectivity index (χ4n) is 2.94. The normalized spacial score (nSPS) is 13.8. The van der Waals surface area contributed by atoms with Crippen LogP contribution >= 0.6 is 27.3 Å². The lowest BCUT2D eigenvalue weighted by Crippen LogP contribution is -2.29. The van der Waals surface area contributed by atoms with Crippen LogP contribution in [0.25, 0.3) is 10.9 Å². The molecule has 0 amide bonds. The molecule has 1 aromatic carbocycles. The number of alkyl halides is 3. The van der Waals surface area contributed by atoms with E-state index >= 15 is 0 Å². The average molecular weight is 493 g/mol. The minimum atomic E-state index is -5.56. The number of fused-ring (bicyclic) bond motifs is 1. The van der Waals surface area contributed by atoms with Crippen molar-refractivity contribution < 1.29 is 21.6 Å². The molecule has 0 saturated heterocycles. The molecule has 0 fully saturated rings. The highest BCUT2D eigenvalue weighted by molar-refractivity contribution is 9.10. The number of thiazole rings is 1. The van der Waals surface area contributed by atoms with Gasteiger partial charge >= 0.3 is 15.5 Å². The molecule has 3 rings (SSSR count). The van der Waals surface area contributed by atoms with Crippen LogP contribution in [-0.4, -0.2) is 22.9 Å². The number of benzene rings is 1. The summed E-state index contributed by atoms with van der Waals surface area (Å²) >= 11 is 4.80. The fourth-order valence-corrected chi connectivity index (χ4v) is 5.18. The van der Waals surface area contributed by atoms with Gasteiger partial charge in [-0.3, -0.25) is 0 Å². The van der Waals surface area contributed by atoms with Crippen molar-refractivity contribution in [2.24, 2.45) is 0 Å². The summed E-state index contributed by atoms with van der Waals surface area (Å²) < 4.78 is 64.6. The summed E-state index contributed by atoms with van der Waals surface area (Å²) in [4.78, 5) is 5.53. The van der Waals surface area contributed by atoms with Gasteiger partial charge in [0.25, 0.3) is 0 Å². The molecule has 0 aliphatic heterocycles. The van der Waals surface area contributed by atoms with Crippen molar-refractivity contribution in [1.82, 2.24) is 8.96 Å². The molecule has 2 heterocycles. The molecule has 28 heavy (non-hydrogen) atoms. The lowest BCUT2D eigenvalue weighted by molar-refractivity contribution is -0.0445. The molecular weight excluding hydrogens is 477 g/mol. The highest BCUT2D eigenvalue weighted by atomic mass is 79.9. The van der Waals surface area contributed by atoms with Gasteiger partial charge in [-0.2, -0.15) is 21.6 Å². The van der Waals surface area contributed by atoms with Gasteiger partial charge in [-0.05, 0) is 37.6 Å². The zero-order valence-electron chi connectivity index (χ0n) is 14.9. The summed E-state index contributed by atoms with van der Waals surface area (Å²) in [6.07, 6.45) is 3.06. The number of allylic oxidation sites excluding steroid dienone is 1. The third-order valence-corrected chi connectivity index (χ3v) is 7.46. The van der Waals surface area contributed by atoms with Crippen LogP contribution in [-0.2, 0) is 16.4 Å². The van der Waals surface area contributed by atoms with Crippen molar-refractivity contribution in [2.45, 2.75) is 31.7 Å². The second-order valence-corrected chi connectivity index (χ2v) is 10.3. The summed E-state index contributed by atoms with van der Waals surface area (Å²) in [5.74, 6) is -0.397. The molecule has 10 heteroatoms. The number of hydrogen-bond acceptors (Lipinski definition) is 4. The van der Waals surface area contributed by atoms with Gasteiger partial charge < -0.3 is 0 Å². The Morgan fingerprint density at radius 2 is 2.04 bits per heavy atom. The average Bonchev–Trinajstić information content (AvgIpc) is 3.12. The molecule has 4 nitrogen and oxygen atoms in total. The van der Waals surface area contributed by atoms with E-state index in [1.807, 2.05) is 13.8 Å². The van der Waals surface area contributed by atoms with Crippen molar-refractivity contribution in [2.75, 3.05) is 0 Å². The van der Waals surface area contributed by atoms with E-state index in [0.29, 0.717) is 25.8 Å². The van der Waals surface area contributed by atoms with E-state index in [1.54, 1.807) is 12.1 Å². The van der Waals surface area contributed by atoms with Crippen molar-refractivity contribution in [1.29, 1.82) is 0 Å². The number of nitrogens with zero attached hydrogens (tertiary/aromatic N) is 2. The van der Waals surface area contributed by atoms with Gasteiger partial charge in [0.2, 0.25) is 0 Å². The zero-order valence-corrected chi connectivity index (χ0v) is 18.1. The maximum absolute atomic E-state index is 13.2. The van der Waals surface area contributed by atoms with Crippen LogP contribution in [0.15, 0.2) is 41.5 Å². The monoisotopic (exact) mass is 492 g/mol. The van der Waals surface area contributed by atoms with E-state index in [-0.39, 0.29) is 5.52 Å². The van der Waals surface area contributed by atoms with Crippen LogP contribution in [0.2, 0.25) is 0 Å². The molecule has 0 saturated carbocycles. The first-order valence-corrected chi connectivity index (χ1v) is 11.2. The summed E-state index contributed by atoms with van der Waals surface area (Å²) in [5, 5.41) is 1.23. The first kappa shape index (κ1) is 21.1. The Morgan fingerprint density at radius 1 is 1.36 bits per heavy atom. The standard InChI is InChI=1S/C18H16BrF3N2O2S2/c1-4-12(7-17-23-10(2)11(3)27-17)15-9-24(28(25,26)18(20,21)22)16-6-5-13(19)8-14(15)16/h4-6,8-9,12H,1,7H2,2-3H3/t12-/m1/s1. The fraction of sp³-hybridized carbons (Fsp3) is 0.278. The highest BCUT2D eigenvalue weighted by Gasteiger charge is 2.48. The Hall–Kier alpha value is -1.65. The lowest BCUT2D eigenvalue weighted by atomic mass is 9.96. The van der Waals surface area contributed by atoms with Crippen molar-refractivity contribution in [3.05, 3.63) is 62.7 Å². The summed E-state index contributed by atoms with van der Waals surface area (Å²) in [6, 6.07) is 4.47. The third kappa shape index (κ3) is 3.65. The molecular formula is C18H16BrF3N2O2S2. The summed E-state index contributed by atoms with van der Waals surface area (Å²) in [7, 11) is -5.56. The van der Waals surface area contributed by atoms with Gasteiger partial charge in [-0.15, -0.1) is 17.9 Å². The Morgan fingerprint density at radius 3 is 2.57 bits per heavy atom. The predicted octanol–water partition coefficient (Wildman–Crippen LogP) is 5.69. The van der Waals surface area contributed by atoms with E-state index in [4.69, 9.17) is 0 Å². The Balaban J connectivity index is 2.19. The van der Waals surface area contributed by atoms with Crippen molar-refractivity contribution in [3.8, 4) is 0 Å². The number of halogens is 4. The van der Waals surface area contributed by atoms with Crippen molar-refractivity contribution in [3.63, 3.8) is 0 Å². The van der Waals surface area contributed by atoms with E-state index in [0.717, 1.165) is 21.8 Å². The Labute approximate surface area is 172 Å². The zero-order chi connectivity index (χ0) is 20.9. The number of aromatic nitrogens is 2. The van der Waals surface area contributed by atoms with Crippen LogP contribution in [0, 0.1) is 13.8 Å². The first-order valence-electron chi connectivity index (χ1n) is 8.13. The van der Waals surface area contributed by atoms with Gasteiger partial charge in [0.1, 0.15) is 0 Å². The topological polar surface area (TPSA) is 52.0 Å². The minimum absolute atomic E-state index is 0.0334. The molecule has 0 aliphatic carbocycles. The molecule has 2 aromatic heterocycles. The Bertz CT molecular complexity index is 1140. The largest absolute Gasteiger partial charge is 0.517 e. The van der Waals surface area contributed by atoms with E-state index in [9.17, 15) is 21.6 Å². The van der Waals surface area contributed by atoms with Gasteiger partial charge in [0.05, 0.1) is 16.2 Å². The van der Waals surface area contributed by atoms with Gasteiger partial charge in [-0.25, -0.2) is 8.96 Å². The van der Waals surface area contributed by atoms with Crippen LogP contribution in [0.4, 0.5) is 13.2 Å². The van der Waals surface area contributed by atoms with Crippen LogP contribution < -0.4 is 0 Å². The molecule has 0 N–H and O–H groups in total. The maximum Gasteiger partial charge on any atom is 0.517 e. The van der Waals surface area contributed by atoms with Crippen LogP contribution in [0.3, 0.4) is 0 Å². The van der Waals surface area contributed by atoms with E-state index < -0.39 is 21.4 Å². The molecule has 0 bridgehead atoms. The van der Waals surface area contributed by atoms with Crippen LogP contribution in [0.1, 0.15) is 27.1 Å². The molecule has 0 radical (unpaired) electrons. The smallest absolute Gasteiger partial charge is 0.246 e. The third-order valence-electron chi connectivity index (χ3n) is 4.47. The summed E-state index contributed by atoms with van der Waals surface area (Å²) in [6.45, 7) is 7.63. The molecule has 3 aromatic rings. The molecule has 0 aliphatic rings. The lowest BCUT2D eigenvalue weighted by Gasteiger charge is -2.10. The van der Waals surface area contributed by atoms with Gasteiger partial charge in [0, 0.05) is 33.3 Å². The second-order valence-electron chi connectivity index (χ2n) is 6.29. The quantitative estimate of drug-likeness (QED) is 0.430. The SMILES string of the molecule is C=C[C@H](Cc1nc(C)c(C)s1)c1cn(S(=O)(=O)C(F)(F)F)c2ccc(Br)cc12. The minimum Gasteiger partial charge on any atom is -0.246 e.